The third-order valence-corrected chi connectivity index (χ3v) is 6.83. The smallest absolute Gasteiger partial charge is 0.261 e. The Labute approximate surface area is 184 Å². The molecule has 8 nitrogen and oxygen atoms in total. The molecule has 2 aromatic rings. The Kier molecular flexibility index (Phi) is 5.55. The molecule has 0 unspecified atom stereocenters. The van der Waals surface area contributed by atoms with Crippen LogP contribution in [-0.2, 0) is 11.2 Å². The number of rotatable bonds is 3. The predicted molar refractivity (Wildman–Crippen MR) is 118 cm³/mol. The Bertz CT molecular complexity index is 1110. The van der Waals surface area contributed by atoms with E-state index in [9.17, 15) is 19.2 Å². The maximum absolute atomic E-state index is 13.0. The van der Waals surface area contributed by atoms with E-state index < -0.39 is 11.5 Å². The van der Waals surface area contributed by atoms with Crippen molar-refractivity contribution >= 4 is 34.1 Å². The molecule has 0 spiro atoms. The van der Waals surface area contributed by atoms with Gasteiger partial charge in [0, 0.05) is 42.1 Å². The van der Waals surface area contributed by atoms with Crippen LogP contribution >= 0.6 is 11.3 Å². The second-order valence-electron chi connectivity index (χ2n) is 9.20. The van der Waals surface area contributed by atoms with E-state index in [4.69, 9.17) is 0 Å². The first-order valence-electron chi connectivity index (χ1n) is 10.4. The molecule has 1 saturated heterocycles. The van der Waals surface area contributed by atoms with Gasteiger partial charge in [0.2, 0.25) is 5.91 Å². The summed E-state index contributed by atoms with van der Waals surface area (Å²) >= 11 is 1.38. The highest BCUT2D eigenvalue weighted by Crippen LogP contribution is 2.33. The molecular formula is C22H26N4O4S. The number of H-pyrrole nitrogens is 1. The van der Waals surface area contributed by atoms with E-state index in [-0.39, 0.29) is 28.6 Å². The largest absolute Gasteiger partial charge is 0.338 e. The highest BCUT2D eigenvalue weighted by Gasteiger charge is 2.34. The van der Waals surface area contributed by atoms with Crippen LogP contribution in [0.3, 0.4) is 0 Å². The fourth-order valence-corrected chi connectivity index (χ4v) is 5.01. The summed E-state index contributed by atoms with van der Waals surface area (Å²) in [4.78, 5) is 59.2. The van der Waals surface area contributed by atoms with Gasteiger partial charge in [-0.3, -0.25) is 19.2 Å². The predicted octanol–water partition coefficient (Wildman–Crippen LogP) is 2.79. The molecule has 2 aliphatic rings. The monoisotopic (exact) mass is 442 g/mol. The molecule has 0 radical (unpaired) electrons. The van der Waals surface area contributed by atoms with Crippen LogP contribution in [-0.4, -0.2) is 45.6 Å². The number of aromatic nitrogens is 2. The van der Waals surface area contributed by atoms with Crippen molar-refractivity contribution in [2.45, 2.75) is 46.5 Å². The van der Waals surface area contributed by atoms with Gasteiger partial charge in [0.05, 0.1) is 5.69 Å². The summed E-state index contributed by atoms with van der Waals surface area (Å²) in [5.41, 5.74) is 1.23. The van der Waals surface area contributed by atoms with Gasteiger partial charge in [-0.1, -0.05) is 13.8 Å². The van der Waals surface area contributed by atoms with Gasteiger partial charge in [0.15, 0.2) is 10.9 Å². The molecule has 0 aromatic carbocycles. The molecule has 0 atom stereocenters. The van der Waals surface area contributed by atoms with Crippen molar-refractivity contribution in [1.29, 1.82) is 0 Å². The van der Waals surface area contributed by atoms with Crippen LogP contribution < -0.4 is 10.9 Å². The van der Waals surface area contributed by atoms with Gasteiger partial charge in [-0.25, -0.2) is 4.98 Å². The number of anilines is 1. The van der Waals surface area contributed by atoms with E-state index >= 15 is 0 Å². The Hall–Kier alpha value is -2.81. The fourth-order valence-electron chi connectivity index (χ4n) is 4.32. The normalized spacial score (nSPS) is 18.5. The number of hydrogen-bond donors (Lipinski definition) is 2. The molecule has 164 valence electrons. The minimum Gasteiger partial charge on any atom is -0.338 e. The number of carbonyl (C=O) groups excluding carboxylic acids is 3. The molecule has 2 aromatic heterocycles. The standard InChI is InChI=1S/C22H26N4O4S/c1-12-11-31-21(23-12)25-18(28)13-4-6-26(7-5-13)20(30)15-8-14-16(24-19(15)29)9-22(2,3)10-17(14)27/h8,11,13H,4-7,9-10H2,1-3H3,(H,24,29)(H,23,25,28). The van der Waals surface area contributed by atoms with Crippen molar-refractivity contribution in [2.24, 2.45) is 11.3 Å². The van der Waals surface area contributed by atoms with Crippen molar-refractivity contribution < 1.29 is 14.4 Å². The Balaban J connectivity index is 1.43. The molecule has 1 aliphatic carbocycles. The molecule has 0 saturated carbocycles. The lowest BCUT2D eigenvalue weighted by Gasteiger charge is -2.32. The highest BCUT2D eigenvalue weighted by atomic mass is 32.1. The number of aryl methyl sites for hydroxylation is 1. The lowest BCUT2D eigenvalue weighted by molar-refractivity contribution is -0.121. The molecule has 1 fully saturated rings. The third kappa shape index (κ3) is 4.46. The van der Waals surface area contributed by atoms with Gasteiger partial charge >= 0.3 is 0 Å². The summed E-state index contributed by atoms with van der Waals surface area (Å²) in [6.45, 7) is 6.60. The number of pyridine rings is 1. The summed E-state index contributed by atoms with van der Waals surface area (Å²) in [5.74, 6) is -0.749. The lowest BCUT2D eigenvalue weighted by Crippen LogP contribution is -2.43. The molecule has 3 heterocycles. The van der Waals surface area contributed by atoms with E-state index in [1.54, 1.807) is 4.90 Å². The SMILES string of the molecule is Cc1csc(NC(=O)C2CCN(C(=O)c3cc4c([nH]c3=O)CC(C)(C)CC4=O)CC2)n1. The van der Waals surface area contributed by atoms with Gasteiger partial charge in [0.1, 0.15) is 5.56 Å². The first-order chi connectivity index (χ1) is 14.6. The number of piperidine rings is 1. The van der Waals surface area contributed by atoms with Crippen molar-refractivity contribution in [3.05, 3.63) is 44.3 Å². The van der Waals surface area contributed by atoms with Gasteiger partial charge in [-0.2, -0.15) is 0 Å². The molecule has 31 heavy (non-hydrogen) atoms. The number of Topliss-reactive ketones (excluding diaryl/α,β-unsaturated/α-hetero) is 1. The van der Waals surface area contributed by atoms with E-state index in [2.05, 4.69) is 15.3 Å². The number of thiazole rings is 1. The number of hydrogen-bond acceptors (Lipinski definition) is 6. The van der Waals surface area contributed by atoms with E-state index in [1.165, 1.54) is 17.4 Å². The van der Waals surface area contributed by atoms with Crippen LogP contribution in [0.15, 0.2) is 16.2 Å². The first kappa shape index (κ1) is 21.4. The van der Waals surface area contributed by atoms with Crippen molar-refractivity contribution in [2.75, 3.05) is 18.4 Å². The quantitative estimate of drug-likeness (QED) is 0.759. The number of likely N-dealkylation sites (tertiary alicyclic amines) is 1. The number of aromatic amines is 1. The zero-order chi connectivity index (χ0) is 22.3. The van der Waals surface area contributed by atoms with Gasteiger partial charge in [0.25, 0.3) is 11.5 Å². The molecule has 2 N–H and O–H groups in total. The second kappa shape index (κ2) is 8.03. The van der Waals surface area contributed by atoms with Crippen LogP contribution in [0, 0.1) is 18.3 Å². The van der Waals surface area contributed by atoms with Crippen LogP contribution in [0.25, 0.3) is 0 Å². The molecule has 9 heteroatoms. The van der Waals surface area contributed by atoms with E-state index in [0.717, 1.165) is 5.69 Å². The van der Waals surface area contributed by atoms with Gasteiger partial charge in [-0.05, 0) is 37.7 Å². The average molecular weight is 443 g/mol. The maximum atomic E-state index is 13.0. The van der Waals surface area contributed by atoms with E-state index in [0.29, 0.717) is 55.2 Å². The van der Waals surface area contributed by atoms with Crippen molar-refractivity contribution in [1.82, 2.24) is 14.9 Å². The Morgan fingerprint density at radius 2 is 1.94 bits per heavy atom. The van der Waals surface area contributed by atoms with Crippen molar-refractivity contribution in [3.8, 4) is 0 Å². The molecular weight excluding hydrogens is 416 g/mol. The zero-order valence-electron chi connectivity index (χ0n) is 17.9. The number of fused-ring (bicyclic) bond motifs is 1. The summed E-state index contributed by atoms with van der Waals surface area (Å²) in [7, 11) is 0. The number of amides is 2. The first-order valence-corrected chi connectivity index (χ1v) is 11.3. The zero-order valence-corrected chi connectivity index (χ0v) is 18.7. The lowest BCUT2D eigenvalue weighted by atomic mass is 9.75. The average Bonchev–Trinajstić information content (AvgIpc) is 3.11. The molecule has 1 aliphatic heterocycles. The summed E-state index contributed by atoms with van der Waals surface area (Å²) in [6.07, 6.45) is 2.01. The van der Waals surface area contributed by atoms with Gasteiger partial charge in [-0.15, -0.1) is 11.3 Å². The van der Waals surface area contributed by atoms with Crippen LogP contribution in [0.4, 0.5) is 5.13 Å². The number of ketones is 1. The number of nitrogens with zero attached hydrogens (tertiary/aromatic N) is 2. The second-order valence-corrected chi connectivity index (χ2v) is 10.1. The van der Waals surface area contributed by atoms with Gasteiger partial charge < -0.3 is 15.2 Å². The summed E-state index contributed by atoms with van der Waals surface area (Å²) < 4.78 is 0. The number of nitrogens with one attached hydrogen (secondary N) is 2. The minimum atomic E-state index is -0.465. The third-order valence-electron chi connectivity index (χ3n) is 5.95. The summed E-state index contributed by atoms with van der Waals surface area (Å²) in [6, 6.07) is 1.46. The van der Waals surface area contributed by atoms with Crippen molar-refractivity contribution in [3.63, 3.8) is 0 Å². The highest BCUT2D eigenvalue weighted by molar-refractivity contribution is 7.13. The maximum Gasteiger partial charge on any atom is 0.261 e. The number of carbonyl (C=O) groups is 3. The van der Waals surface area contributed by atoms with Crippen LogP contribution in [0.1, 0.15) is 65.2 Å². The fraction of sp³-hybridized carbons (Fsp3) is 0.500. The minimum absolute atomic E-state index is 0.00651. The van der Waals surface area contributed by atoms with Crippen LogP contribution in [0.5, 0.6) is 0 Å². The van der Waals surface area contributed by atoms with E-state index in [1.807, 2.05) is 26.2 Å². The molecule has 0 bridgehead atoms. The molecule has 4 rings (SSSR count). The Morgan fingerprint density at radius 1 is 1.23 bits per heavy atom. The summed E-state index contributed by atoms with van der Waals surface area (Å²) in [5, 5.41) is 5.29. The Morgan fingerprint density at radius 3 is 2.58 bits per heavy atom. The topological polar surface area (TPSA) is 112 Å². The molecule has 2 amide bonds. The van der Waals surface area contributed by atoms with Crippen LogP contribution in [0.2, 0.25) is 0 Å².